The lowest BCUT2D eigenvalue weighted by Gasteiger charge is -2.05. The first kappa shape index (κ1) is 11.9. The van der Waals surface area contributed by atoms with E-state index < -0.39 is 5.97 Å². The van der Waals surface area contributed by atoms with E-state index in [0.29, 0.717) is 6.54 Å². The largest absolute Gasteiger partial charge is 0.476 e. The van der Waals surface area contributed by atoms with E-state index in [0.717, 1.165) is 36.1 Å². The number of carboxylic acids is 1. The van der Waals surface area contributed by atoms with Crippen molar-refractivity contribution >= 4 is 5.97 Å². The highest BCUT2D eigenvalue weighted by Gasteiger charge is 2.25. The molecule has 2 aromatic rings. The summed E-state index contributed by atoms with van der Waals surface area (Å²) in [4.78, 5) is 11.1. The third-order valence-corrected chi connectivity index (χ3v) is 3.46. The van der Waals surface area contributed by atoms with Crippen molar-refractivity contribution in [2.24, 2.45) is 0 Å². The summed E-state index contributed by atoms with van der Waals surface area (Å²) in [5, 5.41) is 13.3. The maximum absolute atomic E-state index is 12.9. The Labute approximate surface area is 109 Å². The summed E-state index contributed by atoms with van der Waals surface area (Å²) in [6.45, 7) is 0.482. The van der Waals surface area contributed by atoms with E-state index in [1.165, 1.54) is 12.1 Å². The fourth-order valence-corrected chi connectivity index (χ4v) is 2.57. The SMILES string of the molecule is O=C(O)c1nn(Cc2ccc(F)cc2)c2c1CCC2. The lowest BCUT2D eigenvalue weighted by Crippen LogP contribution is -2.07. The second kappa shape index (κ2) is 4.50. The van der Waals surface area contributed by atoms with Gasteiger partial charge in [-0.1, -0.05) is 12.1 Å². The van der Waals surface area contributed by atoms with Gasteiger partial charge in [-0.3, -0.25) is 4.68 Å². The molecule has 1 aliphatic carbocycles. The predicted molar refractivity (Wildman–Crippen MR) is 66.7 cm³/mol. The molecule has 0 saturated heterocycles. The van der Waals surface area contributed by atoms with Gasteiger partial charge in [-0.15, -0.1) is 0 Å². The first-order chi connectivity index (χ1) is 9.15. The summed E-state index contributed by atoms with van der Waals surface area (Å²) >= 11 is 0. The molecule has 19 heavy (non-hydrogen) atoms. The Morgan fingerprint density at radius 2 is 2.05 bits per heavy atom. The third-order valence-electron chi connectivity index (χ3n) is 3.46. The molecule has 0 saturated carbocycles. The van der Waals surface area contributed by atoms with Crippen molar-refractivity contribution in [2.45, 2.75) is 25.8 Å². The molecule has 0 bridgehead atoms. The molecule has 0 fully saturated rings. The zero-order chi connectivity index (χ0) is 13.4. The molecule has 98 valence electrons. The number of carboxylic acid groups (broad SMARTS) is 1. The zero-order valence-corrected chi connectivity index (χ0v) is 10.3. The fraction of sp³-hybridized carbons (Fsp3) is 0.286. The van der Waals surface area contributed by atoms with E-state index in [9.17, 15) is 9.18 Å². The minimum atomic E-state index is -0.976. The van der Waals surface area contributed by atoms with Crippen LogP contribution in [0.15, 0.2) is 24.3 Å². The van der Waals surface area contributed by atoms with Crippen molar-refractivity contribution in [3.05, 3.63) is 52.6 Å². The highest BCUT2D eigenvalue weighted by molar-refractivity contribution is 5.87. The van der Waals surface area contributed by atoms with Crippen molar-refractivity contribution in [2.75, 3.05) is 0 Å². The van der Waals surface area contributed by atoms with Gasteiger partial charge < -0.3 is 5.11 Å². The molecule has 1 N–H and O–H groups in total. The molecular weight excluding hydrogens is 247 g/mol. The predicted octanol–water partition coefficient (Wildman–Crippen LogP) is 2.26. The van der Waals surface area contributed by atoms with Crippen LogP contribution in [-0.2, 0) is 19.4 Å². The summed E-state index contributed by atoms with van der Waals surface area (Å²) in [6.07, 6.45) is 2.61. The van der Waals surface area contributed by atoms with E-state index in [1.807, 2.05) is 0 Å². The lowest BCUT2D eigenvalue weighted by atomic mass is 10.2. The molecule has 0 unspecified atom stereocenters. The van der Waals surface area contributed by atoms with Gasteiger partial charge in [-0.05, 0) is 37.0 Å². The molecule has 5 heteroatoms. The molecule has 0 radical (unpaired) electrons. The molecular formula is C14H13FN2O2. The van der Waals surface area contributed by atoms with Crippen LogP contribution in [-0.4, -0.2) is 20.9 Å². The average Bonchev–Trinajstić information content (AvgIpc) is 2.95. The molecule has 1 heterocycles. The van der Waals surface area contributed by atoms with E-state index in [2.05, 4.69) is 5.10 Å². The monoisotopic (exact) mass is 260 g/mol. The van der Waals surface area contributed by atoms with E-state index in [-0.39, 0.29) is 11.5 Å². The van der Waals surface area contributed by atoms with Crippen molar-refractivity contribution in [3.8, 4) is 0 Å². The standard InChI is InChI=1S/C14H13FN2O2/c15-10-6-4-9(5-7-10)8-17-12-3-1-2-11(12)13(16-17)14(18)19/h4-7H,1-3,8H2,(H,18,19). The molecule has 3 rings (SSSR count). The fourth-order valence-electron chi connectivity index (χ4n) is 2.57. The van der Waals surface area contributed by atoms with Crippen LogP contribution in [0.3, 0.4) is 0 Å². The second-order valence-electron chi connectivity index (χ2n) is 4.72. The molecule has 0 atom stereocenters. The molecule has 0 amide bonds. The number of aromatic nitrogens is 2. The van der Waals surface area contributed by atoms with E-state index in [1.54, 1.807) is 16.8 Å². The molecule has 0 aliphatic heterocycles. The van der Waals surface area contributed by atoms with E-state index in [4.69, 9.17) is 5.11 Å². The van der Waals surface area contributed by atoms with Gasteiger partial charge in [0.1, 0.15) is 5.82 Å². The Balaban J connectivity index is 1.95. The second-order valence-corrected chi connectivity index (χ2v) is 4.72. The van der Waals surface area contributed by atoms with Crippen molar-refractivity contribution in [3.63, 3.8) is 0 Å². The van der Waals surface area contributed by atoms with Crippen LogP contribution >= 0.6 is 0 Å². The Bertz CT molecular complexity index is 632. The van der Waals surface area contributed by atoms with Gasteiger partial charge in [0.25, 0.3) is 0 Å². The van der Waals surface area contributed by atoms with Gasteiger partial charge in [-0.25, -0.2) is 9.18 Å². The Morgan fingerprint density at radius 1 is 1.32 bits per heavy atom. The highest BCUT2D eigenvalue weighted by Crippen LogP contribution is 2.26. The maximum atomic E-state index is 12.9. The first-order valence-electron chi connectivity index (χ1n) is 6.21. The molecule has 0 spiro atoms. The number of benzene rings is 1. The summed E-state index contributed by atoms with van der Waals surface area (Å²) < 4.78 is 14.6. The average molecular weight is 260 g/mol. The van der Waals surface area contributed by atoms with Crippen molar-refractivity contribution < 1.29 is 14.3 Å². The van der Waals surface area contributed by atoms with Gasteiger partial charge in [0.2, 0.25) is 0 Å². The van der Waals surface area contributed by atoms with E-state index >= 15 is 0 Å². The number of rotatable bonds is 3. The van der Waals surface area contributed by atoms with Crippen LogP contribution in [0.25, 0.3) is 0 Å². The zero-order valence-electron chi connectivity index (χ0n) is 10.3. The smallest absolute Gasteiger partial charge is 0.356 e. The van der Waals surface area contributed by atoms with Gasteiger partial charge in [0.05, 0.1) is 6.54 Å². The topological polar surface area (TPSA) is 55.1 Å². The quantitative estimate of drug-likeness (QED) is 0.921. The molecule has 1 aliphatic rings. The number of aromatic carboxylic acids is 1. The summed E-state index contributed by atoms with van der Waals surface area (Å²) in [6, 6.07) is 6.19. The third kappa shape index (κ3) is 2.12. The normalized spacial score (nSPS) is 13.5. The summed E-state index contributed by atoms with van der Waals surface area (Å²) in [5.41, 5.74) is 2.93. The Kier molecular flexibility index (Phi) is 2.81. The Morgan fingerprint density at radius 3 is 2.74 bits per heavy atom. The number of halogens is 1. The van der Waals surface area contributed by atoms with Crippen molar-refractivity contribution in [1.82, 2.24) is 9.78 Å². The molecule has 1 aromatic carbocycles. The number of carbonyl (C=O) groups is 1. The number of fused-ring (bicyclic) bond motifs is 1. The van der Waals surface area contributed by atoms with Gasteiger partial charge >= 0.3 is 5.97 Å². The van der Waals surface area contributed by atoms with Gasteiger partial charge in [-0.2, -0.15) is 5.10 Å². The highest BCUT2D eigenvalue weighted by atomic mass is 19.1. The van der Waals surface area contributed by atoms with Crippen LogP contribution in [0.1, 0.15) is 33.7 Å². The molecule has 4 nitrogen and oxygen atoms in total. The van der Waals surface area contributed by atoms with Gasteiger partial charge in [0, 0.05) is 11.3 Å². The van der Waals surface area contributed by atoms with Crippen LogP contribution in [0.4, 0.5) is 4.39 Å². The minimum Gasteiger partial charge on any atom is -0.476 e. The van der Waals surface area contributed by atoms with Gasteiger partial charge in [0.15, 0.2) is 5.69 Å². The molecule has 1 aromatic heterocycles. The van der Waals surface area contributed by atoms with Crippen LogP contribution in [0.5, 0.6) is 0 Å². The number of nitrogens with zero attached hydrogens (tertiary/aromatic N) is 2. The summed E-state index contributed by atoms with van der Waals surface area (Å²) in [5.74, 6) is -1.25. The minimum absolute atomic E-state index is 0.162. The maximum Gasteiger partial charge on any atom is 0.356 e. The van der Waals surface area contributed by atoms with Crippen LogP contribution in [0, 0.1) is 5.82 Å². The summed E-state index contributed by atoms with van der Waals surface area (Å²) in [7, 11) is 0. The van der Waals surface area contributed by atoms with Crippen LogP contribution < -0.4 is 0 Å². The number of hydrogen-bond donors (Lipinski definition) is 1. The first-order valence-corrected chi connectivity index (χ1v) is 6.21. The number of hydrogen-bond acceptors (Lipinski definition) is 2. The van der Waals surface area contributed by atoms with Crippen LogP contribution in [0.2, 0.25) is 0 Å². The Hall–Kier alpha value is -2.17. The van der Waals surface area contributed by atoms with Crippen molar-refractivity contribution in [1.29, 1.82) is 0 Å². The lowest BCUT2D eigenvalue weighted by molar-refractivity contribution is 0.0688.